The molecule has 0 aromatic heterocycles. The van der Waals surface area contributed by atoms with Crippen LogP contribution in [-0.4, -0.2) is 35.3 Å². The van der Waals surface area contributed by atoms with E-state index < -0.39 is 0 Å². The minimum absolute atomic E-state index is 0.0253. The van der Waals surface area contributed by atoms with Crippen molar-refractivity contribution in [3.63, 3.8) is 0 Å². The van der Waals surface area contributed by atoms with Gasteiger partial charge in [0.1, 0.15) is 12.1 Å². The van der Waals surface area contributed by atoms with E-state index in [-0.39, 0.29) is 29.8 Å². The van der Waals surface area contributed by atoms with Gasteiger partial charge in [0.05, 0.1) is 0 Å². The van der Waals surface area contributed by atoms with E-state index >= 15 is 0 Å². The Balaban J connectivity index is 1.96. The summed E-state index contributed by atoms with van der Waals surface area (Å²) in [5.74, 6) is 1.15. The van der Waals surface area contributed by atoms with E-state index in [9.17, 15) is 9.59 Å². The molecule has 1 aliphatic carbocycles. The molecule has 0 bridgehead atoms. The van der Waals surface area contributed by atoms with E-state index in [1.807, 2.05) is 25.7 Å². The Hall–Kier alpha value is -1.06. The number of nitrogens with zero attached hydrogens (tertiary/aromatic N) is 1. The number of amides is 2. The van der Waals surface area contributed by atoms with Crippen LogP contribution in [0.2, 0.25) is 0 Å². The Labute approximate surface area is 128 Å². The molecule has 0 radical (unpaired) electrons. The van der Waals surface area contributed by atoms with Crippen molar-refractivity contribution in [1.29, 1.82) is 0 Å². The summed E-state index contributed by atoms with van der Waals surface area (Å²) in [5, 5.41) is 2.88. The molecular formula is C17H30N2O2. The maximum Gasteiger partial charge on any atom is 0.245 e. The molecule has 0 aromatic carbocycles. The molecule has 2 amide bonds. The van der Waals surface area contributed by atoms with Gasteiger partial charge in [0.2, 0.25) is 11.8 Å². The van der Waals surface area contributed by atoms with Crippen LogP contribution in [0.15, 0.2) is 0 Å². The topological polar surface area (TPSA) is 49.4 Å². The second-order valence-electron chi connectivity index (χ2n) is 6.98. The van der Waals surface area contributed by atoms with Crippen LogP contribution in [0.1, 0.15) is 65.7 Å². The molecule has 1 aliphatic heterocycles. The Bertz CT molecular complexity index is 375. The summed E-state index contributed by atoms with van der Waals surface area (Å²) < 4.78 is 0. The van der Waals surface area contributed by atoms with Crippen LogP contribution >= 0.6 is 0 Å². The highest BCUT2D eigenvalue weighted by atomic mass is 16.2. The Kier molecular flexibility index (Phi) is 5.65. The zero-order valence-electron chi connectivity index (χ0n) is 13.7. The van der Waals surface area contributed by atoms with E-state index in [0.29, 0.717) is 6.42 Å². The first-order chi connectivity index (χ1) is 10.0. The van der Waals surface area contributed by atoms with E-state index in [0.717, 1.165) is 18.9 Å². The summed E-state index contributed by atoms with van der Waals surface area (Å²) in [6.45, 7) is 6.74. The van der Waals surface area contributed by atoms with Crippen LogP contribution in [0.3, 0.4) is 0 Å². The highest BCUT2D eigenvalue weighted by Gasteiger charge is 2.40. The van der Waals surface area contributed by atoms with Crippen LogP contribution < -0.4 is 5.32 Å². The maximum absolute atomic E-state index is 12.6. The van der Waals surface area contributed by atoms with Crippen LogP contribution in [0.25, 0.3) is 0 Å². The van der Waals surface area contributed by atoms with Gasteiger partial charge in [-0.1, -0.05) is 46.5 Å². The Morgan fingerprint density at radius 1 is 1.24 bits per heavy atom. The van der Waals surface area contributed by atoms with Gasteiger partial charge in [-0.25, -0.2) is 0 Å². The SMILES string of the molecule is CCC1NC(=O)C(C(C)C)N(CCCC2CCCC2)C1=O. The highest BCUT2D eigenvalue weighted by Crippen LogP contribution is 2.29. The lowest BCUT2D eigenvalue weighted by Gasteiger charge is -2.40. The maximum atomic E-state index is 12.6. The van der Waals surface area contributed by atoms with Crippen molar-refractivity contribution in [2.75, 3.05) is 6.54 Å². The second kappa shape index (κ2) is 7.28. The zero-order chi connectivity index (χ0) is 15.4. The fourth-order valence-corrected chi connectivity index (χ4v) is 3.84. The van der Waals surface area contributed by atoms with Gasteiger partial charge >= 0.3 is 0 Å². The summed E-state index contributed by atoms with van der Waals surface area (Å²) in [5.41, 5.74) is 0. The molecule has 0 aromatic rings. The van der Waals surface area contributed by atoms with Gasteiger partial charge in [0.25, 0.3) is 0 Å². The molecule has 1 N–H and O–H groups in total. The van der Waals surface area contributed by atoms with E-state index in [1.165, 1.54) is 32.1 Å². The molecule has 4 heteroatoms. The molecule has 120 valence electrons. The number of carbonyl (C=O) groups is 2. The molecule has 1 saturated carbocycles. The zero-order valence-corrected chi connectivity index (χ0v) is 13.7. The van der Waals surface area contributed by atoms with Gasteiger partial charge < -0.3 is 10.2 Å². The van der Waals surface area contributed by atoms with Crippen molar-refractivity contribution in [3.05, 3.63) is 0 Å². The van der Waals surface area contributed by atoms with Crippen molar-refractivity contribution < 1.29 is 9.59 Å². The molecular weight excluding hydrogens is 264 g/mol. The van der Waals surface area contributed by atoms with E-state index in [2.05, 4.69) is 5.32 Å². The number of hydrogen-bond donors (Lipinski definition) is 1. The number of piperazine rings is 1. The van der Waals surface area contributed by atoms with Crippen LogP contribution in [0, 0.1) is 11.8 Å². The first-order valence-electron chi connectivity index (χ1n) is 8.65. The molecule has 2 unspecified atom stereocenters. The lowest BCUT2D eigenvalue weighted by Crippen LogP contribution is -2.64. The van der Waals surface area contributed by atoms with E-state index in [1.54, 1.807) is 0 Å². The third-order valence-corrected chi connectivity index (χ3v) is 5.03. The van der Waals surface area contributed by atoms with E-state index in [4.69, 9.17) is 0 Å². The lowest BCUT2D eigenvalue weighted by atomic mass is 9.95. The van der Waals surface area contributed by atoms with Crippen LogP contribution in [0.5, 0.6) is 0 Å². The number of rotatable bonds is 6. The quantitative estimate of drug-likeness (QED) is 0.819. The second-order valence-corrected chi connectivity index (χ2v) is 6.98. The molecule has 0 spiro atoms. The fraction of sp³-hybridized carbons (Fsp3) is 0.882. The average molecular weight is 294 g/mol. The third kappa shape index (κ3) is 3.78. The van der Waals surface area contributed by atoms with Crippen molar-refractivity contribution in [2.24, 2.45) is 11.8 Å². The summed E-state index contributed by atoms with van der Waals surface area (Å²) in [6.07, 6.45) is 8.33. The first-order valence-corrected chi connectivity index (χ1v) is 8.65. The number of nitrogens with one attached hydrogen (secondary N) is 1. The van der Waals surface area contributed by atoms with Gasteiger partial charge in [-0.2, -0.15) is 0 Å². The van der Waals surface area contributed by atoms with Crippen molar-refractivity contribution in [2.45, 2.75) is 77.8 Å². The molecule has 2 aliphatic rings. The normalized spacial score (nSPS) is 27.5. The Morgan fingerprint density at radius 3 is 2.48 bits per heavy atom. The molecule has 2 rings (SSSR count). The largest absolute Gasteiger partial charge is 0.343 e. The lowest BCUT2D eigenvalue weighted by molar-refractivity contribution is -0.151. The summed E-state index contributed by atoms with van der Waals surface area (Å²) in [7, 11) is 0. The minimum Gasteiger partial charge on any atom is -0.343 e. The van der Waals surface area contributed by atoms with Crippen molar-refractivity contribution in [1.82, 2.24) is 10.2 Å². The fourth-order valence-electron chi connectivity index (χ4n) is 3.84. The molecule has 1 saturated heterocycles. The summed E-state index contributed by atoms with van der Waals surface area (Å²) in [6, 6.07) is -0.608. The Morgan fingerprint density at radius 2 is 1.90 bits per heavy atom. The van der Waals surface area contributed by atoms with Gasteiger partial charge in [0.15, 0.2) is 0 Å². The predicted octanol–water partition coefficient (Wildman–Crippen LogP) is 2.72. The molecule has 2 fully saturated rings. The molecule has 4 nitrogen and oxygen atoms in total. The molecule has 21 heavy (non-hydrogen) atoms. The van der Waals surface area contributed by atoms with Gasteiger partial charge in [-0.15, -0.1) is 0 Å². The highest BCUT2D eigenvalue weighted by molar-refractivity contribution is 5.97. The summed E-state index contributed by atoms with van der Waals surface area (Å²) >= 11 is 0. The summed E-state index contributed by atoms with van der Waals surface area (Å²) in [4.78, 5) is 26.7. The van der Waals surface area contributed by atoms with Gasteiger partial charge in [-0.3, -0.25) is 9.59 Å². The smallest absolute Gasteiger partial charge is 0.245 e. The minimum atomic E-state index is -0.320. The first kappa shape index (κ1) is 16.3. The van der Waals surface area contributed by atoms with Crippen LogP contribution in [0.4, 0.5) is 0 Å². The molecule has 2 atom stereocenters. The van der Waals surface area contributed by atoms with Crippen molar-refractivity contribution in [3.8, 4) is 0 Å². The average Bonchev–Trinajstić information content (AvgIpc) is 2.94. The van der Waals surface area contributed by atoms with Gasteiger partial charge in [0, 0.05) is 6.54 Å². The third-order valence-electron chi connectivity index (χ3n) is 5.03. The standard InChI is InChI=1S/C17H30N2O2/c1-4-14-17(21)19(15(12(2)3)16(20)18-14)11-7-10-13-8-5-6-9-13/h12-15H,4-11H2,1-3H3,(H,18,20). The number of hydrogen-bond acceptors (Lipinski definition) is 2. The number of carbonyl (C=O) groups excluding carboxylic acids is 2. The molecule has 1 heterocycles. The van der Waals surface area contributed by atoms with Gasteiger partial charge in [-0.05, 0) is 31.1 Å². The predicted molar refractivity (Wildman–Crippen MR) is 83.8 cm³/mol. The van der Waals surface area contributed by atoms with Crippen LogP contribution in [-0.2, 0) is 9.59 Å². The van der Waals surface area contributed by atoms with Crippen molar-refractivity contribution >= 4 is 11.8 Å². The monoisotopic (exact) mass is 294 g/mol.